The first-order valence-electron chi connectivity index (χ1n) is 5.06. The van der Waals surface area contributed by atoms with Crippen LogP contribution in [0.25, 0.3) is 0 Å². The molecule has 1 rings (SSSR count). The third kappa shape index (κ3) is 3.45. The molecule has 1 aromatic rings. The zero-order chi connectivity index (χ0) is 12.3. The molecule has 0 saturated carbocycles. The van der Waals surface area contributed by atoms with Gasteiger partial charge in [0.15, 0.2) is 0 Å². The van der Waals surface area contributed by atoms with Gasteiger partial charge in [0.25, 0.3) is 0 Å². The van der Waals surface area contributed by atoms with Crippen LogP contribution in [0.2, 0.25) is 0 Å². The minimum atomic E-state index is -0.502. The molecule has 0 aromatic heterocycles. The van der Waals surface area contributed by atoms with E-state index >= 15 is 0 Å². The maximum Gasteiger partial charge on any atom is 0.0917 e. The second-order valence-electron chi connectivity index (χ2n) is 3.77. The predicted octanol–water partition coefficient (Wildman–Crippen LogP) is 2.78. The fourth-order valence-corrected chi connectivity index (χ4v) is 2.55. The lowest BCUT2D eigenvalue weighted by atomic mass is 10.1. The van der Waals surface area contributed by atoms with Crippen LogP contribution in [0.5, 0.6) is 0 Å². The van der Waals surface area contributed by atoms with Gasteiger partial charge in [0.1, 0.15) is 0 Å². The number of nitrogen functional groups attached to an aromatic ring is 1. The normalized spacial score (nSPS) is 13.1. The van der Waals surface area contributed by atoms with Crippen molar-refractivity contribution in [1.82, 2.24) is 4.90 Å². The summed E-state index contributed by atoms with van der Waals surface area (Å²) < 4.78 is 1.60. The van der Waals surface area contributed by atoms with Crippen LogP contribution in [0.4, 0.5) is 5.69 Å². The van der Waals surface area contributed by atoms with E-state index in [9.17, 15) is 5.11 Å². The number of likely N-dealkylation sites (N-methyl/N-ethyl adjacent to an activating group) is 1. The molecule has 90 valence electrons. The summed E-state index contributed by atoms with van der Waals surface area (Å²) in [5, 5.41) is 10.0. The zero-order valence-electron chi connectivity index (χ0n) is 9.37. The van der Waals surface area contributed by atoms with E-state index in [-0.39, 0.29) is 0 Å². The lowest BCUT2D eigenvalue weighted by Gasteiger charge is -2.19. The van der Waals surface area contributed by atoms with E-state index in [1.165, 1.54) is 0 Å². The molecule has 0 spiro atoms. The predicted molar refractivity (Wildman–Crippen MR) is 74.4 cm³/mol. The number of halogens is 2. The quantitative estimate of drug-likeness (QED) is 0.820. The van der Waals surface area contributed by atoms with E-state index in [0.29, 0.717) is 12.2 Å². The number of benzene rings is 1. The van der Waals surface area contributed by atoms with Gasteiger partial charge in [0, 0.05) is 15.5 Å². The first-order valence-corrected chi connectivity index (χ1v) is 6.65. The van der Waals surface area contributed by atoms with Crippen molar-refractivity contribution in [1.29, 1.82) is 0 Å². The van der Waals surface area contributed by atoms with E-state index in [1.807, 2.05) is 19.2 Å². The van der Waals surface area contributed by atoms with Gasteiger partial charge in [-0.2, -0.15) is 0 Å². The van der Waals surface area contributed by atoms with E-state index in [1.54, 1.807) is 0 Å². The van der Waals surface area contributed by atoms with Crippen LogP contribution >= 0.6 is 31.9 Å². The first kappa shape index (κ1) is 14.0. The van der Waals surface area contributed by atoms with E-state index in [0.717, 1.165) is 21.1 Å². The Labute approximate surface area is 113 Å². The van der Waals surface area contributed by atoms with Crippen LogP contribution in [0, 0.1) is 0 Å². The number of aliphatic hydroxyl groups is 1. The number of aliphatic hydroxyl groups excluding tert-OH is 1. The largest absolute Gasteiger partial charge is 0.397 e. The van der Waals surface area contributed by atoms with Gasteiger partial charge in [0.2, 0.25) is 0 Å². The lowest BCUT2D eigenvalue weighted by Crippen LogP contribution is -2.24. The van der Waals surface area contributed by atoms with Crippen LogP contribution in [0.3, 0.4) is 0 Å². The highest BCUT2D eigenvalue weighted by molar-refractivity contribution is 9.11. The Morgan fingerprint density at radius 3 is 2.31 bits per heavy atom. The van der Waals surface area contributed by atoms with Gasteiger partial charge in [0.05, 0.1) is 11.8 Å². The van der Waals surface area contributed by atoms with Crippen LogP contribution in [-0.4, -0.2) is 30.1 Å². The van der Waals surface area contributed by atoms with Crippen molar-refractivity contribution >= 4 is 37.5 Å². The molecule has 0 heterocycles. The van der Waals surface area contributed by atoms with Crippen molar-refractivity contribution in [2.24, 2.45) is 0 Å². The fourth-order valence-electron chi connectivity index (χ4n) is 1.33. The van der Waals surface area contributed by atoms with Crippen LogP contribution < -0.4 is 5.73 Å². The molecule has 3 nitrogen and oxygen atoms in total. The third-order valence-corrected chi connectivity index (χ3v) is 3.82. The van der Waals surface area contributed by atoms with E-state index in [2.05, 4.69) is 43.7 Å². The zero-order valence-corrected chi connectivity index (χ0v) is 12.5. The number of hydrogen-bond donors (Lipinski definition) is 2. The lowest BCUT2D eigenvalue weighted by molar-refractivity contribution is 0.129. The molecule has 0 aliphatic rings. The van der Waals surface area contributed by atoms with Crippen molar-refractivity contribution in [3.63, 3.8) is 0 Å². The van der Waals surface area contributed by atoms with Crippen LogP contribution in [0.15, 0.2) is 21.1 Å². The number of anilines is 1. The molecule has 0 bridgehead atoms. The van der Waals surface area contributed by atoms with Crippen molar-refractivity contribution in [2.45, 2.75) is 13.0 Å². The van der Waals surface area contributed by atoms with E-state index < -0.39 is 6.10 Å². The Hall–Kier alpha value is -0.100. The van der Waals surface area contributed by atoms with Gasteiger partial charge < -0.3 is 15.7 Å². The topological polar surface area (TPSA) is 49.5 Å². The van der Waals surface area contributed by atoms with Crippen molar-refractivity contribution < 1.29 is 5.11 Å². The summed E-state index contributed by atoms with van der Waals surface area (Å²) in [7, 11) is 1.98. The number of nitrogens with zero attached hydrogens (tertiary/aromatic N) is 1. The second-order valence-corrected chi connectivity index (χ2v) is 5.48. The number of hydrogen-bond acceptors (Lipinski definition) is 3. The molecule has 0 fully saturated rings. The smallest absolute Gasteiger partial charge is 0.0917 e. The van der Waals surface area contributed by atoms with Gasteiger partial charge in [-0.3, -0.25) is 0 Å². The monoisotopic (exact) mass is 350 g/mol. The Bertz CT molecular complexity index is 348. The summed E-state index contributed by atoms with van der Waals surface area (Å²) in [5.74, 6) is 0. The minimum absolute atomic E-state index is 0.502. The SMILES string of the molecule is CCN(C)CC(O)c1cc(Br)c(N)c(Br)c1. The highest BCUT2D eigenvalue weighted by Gasteiger charge is 2.13. The fraction of sp³-hybridized carbons (Fsp3) is 0.455. The molecule has 0 saturated heterocycles. The Morgan fingerprint density at radius 1 is 1.38 bits per heavy atom. The standard InChI is InChI=1S/C11H16Br2N2O/c1-3-15(2)6-10(16)7-4-8(12)11(14)9(13)5-7/h4-5,10,16H,3,6,14H2,1-2H3. The molecular weight excluding hydrogens is 336 g/mol. The maximum absolute atomic E-state index is 10.0. The van der Waals surface area contributed by atoms with Crippen molar-refractivity contribution in [3.8, 4) is 0 Å². The first-order chi connectivity index (χ1) is 7.45. The molecule has 1 atom stereocenters. The average Bonchev–Trinajstić information content (AvgIpc) is 2.24. The van der Waals surface area contributed by atoms with Gasteiger partial charge >= 0.3 is 0 Å². The average molecular weight is 352 g/mol. The number of nitrogens with two attached hydrogens (primary N) is 1. The van der Waals surface area contributed by atoms with Gasteiger partial charge in [-0.25, -0.2) is 0 Å². The van der Waals surface area contributed by atoms with Crippen molar-refractivity contribution in [3.05, 3.63) is 26.6 Å². The van der Waals surface area contributed by atoms with Crippen LogP contribution in [0.1, 0.15) is 18.6 Å². The number of rotatable bonds is 4. The molecule has 1 aromatic carbocycles. The summed E-state index contributed by atoms with van der Waals surface area (Å²) in [6, 6.07) is 3.71. The third-order valence-electron chi connectivity index (χ3n) is 2.51. The molecule has 0 radical (unpaired) electrons. The maximum atomic E-state index is 10.0. The Kier molecular flexibility index (Phi) is 5.24. The minimum Gasteiger partial charge on any atom is -0.397 e. The molecule has 16 heavy (non-hydrogen) atoms. The molecule has 3 N–H and O–H groups in total. The van der Waals surface area contributed by atoms with Crippen LogP contribution in [-0.2, 0) is 0 Å². The highest BCUT2D eigenvalue weighted by atomic mass is 79.9. The molecule has 1 unspecified atom stereocenters. The molecule has 0 amide bonds. The molecule has 5 heteroatoms. The van der Waals surface area contributed by atoms with Gasteiger partial charge in [-0.15, -0.1) is 0 Å². The van der Waals surface area contributed by atoms with E-state index in [4.69, 9.17) is 5.73 Å². The molecule has 0 aliphatic heterocycles. The summed E-state index contributed by atoms with van der Waals surface area (Å²) in [5.41, 5.74) is 7.30. The van der Waals surface area contributed by atoms with Gasteiger partial charge in [-0.05, 0) is 63.1 Å². The molecular formula is C11H16Br2N2O. The van der Waals surface area contributed by atoms with Crippen molar-refractivity contribution in [2.75, 3.05) is 25.9 Å². The summed E-state index contributed by atoms with van der Waals surface area (Å²) >= 11 is 6.74. The summed E-state index contributed by atoms with van der Waals surface area (Å²) in [6.07, 6.45) is -0.502. The summed E-state index contributed by atoms with van der Waals surface area (Å²) in [6.45, 7) is 3.58. The molecule has 0 aliphatic carbocycles. The Balaban J connectivity index is 2.88. The second kappa shape index (κ2) is 6.00. The highest BCUT2D eigenvalue weighted by Crippen LogP contribution is 2.31. The summed E-state index contributed by atoms with van der Waals surface area (Å²) in [4.78, 5) is 2.06. The van der Waals surface area contributed by atoms with Gasteiger partial charge in [-0.1, -0.05) is 6.92 Å². The Morgan fingerprint density at radius 2 is 1.88 bits per heavy atom.